The number of piperidine rings is 1. The van der Waals surface area contributed by atoms with E-state index in [0.29, 0.717) is 36.3 Å². The minimum absolute atomic E-state index is 0.108. The van der Waals surface area contributed by atoms with Gasteiger partial charge in [-0.25, -0.2) is 4.79 Å². The van der Waals surface area contributed by atoms with Gasteiger partial charge >= 0.3 is 5.97 Å². The molecular formula is C20H28N2O5S. The zero-order valence-electron chi connectivity index (χ0n) is 16.3. The highest BCUT2D eigenvalue weighted by Gasteiger charge is 2.35. The Morgan fingerprint density at radius 1 is 1.25 bits per heavy atom. The fourth-order valence-electron chi connectivity index (χ4n) is 4.04. The number of ether oxygens (including phenoxy) is 3. The summed E-state index contributed by atoms with van der Waals surface area (Å²) in [5, 5.41) is 5.56. The van der Waals surface area contributed by atoms with Crippen LogP contribution in [0.5, 0.6) is 0 Å². The Labute approximate surface area is 169 Å². The van der Waals surface area contributed by atoms with E-state index in [0.717, 1.165) is 44.2 Å². The van der Waals surface area contributed by atoms with Gasteiger partial charge in [-0.05, 0) is 56.0 Å². The molecule has 4 rings (SSSR count). The van der Waals surface area contributed by atoms with E-state index in [4.69, 9.17) is 14.2 Å². The molecule has 7 nitrogen and oxygen atoms in total. The van der Waals surface area contributed by atoms with E-state index in [2.05, 4.69) is 10.2 Å². The molecule has 0 spiro atoms. The van der Waals surface area contributed by atoms with Crippen LogP contribution in [-0.4, -0.2) is 62.0 Å². The van der Waals surface area contributed by atoms with Crippen molar-refractivity contribution in [2.75, 3.05) is 38.2 Å². The molecule has 3 aliphatic rings. The van der Waals surface area contributed by atoms with Crippen LogP contribution in [0.1, 0.15) is 60.9 Å². The number of amides is 1. The zero-order valence-corrected chi connectivity index (χ0v) is 17.1. The summed E-state index contributed by atoms with van der Waals surface area (Å²) in [5.41, 5.74) is 1.56. The monoisotopic (exact) mass is 408 g/mol. The number of nitrogens with one attached hydrogen (secondary N) is 1. The summed E-state index contributed by atoms with van der Waals surface area (Å²) in [6.07, 6.45) is 5.09. The molecule has 1 unspecified atom stereocenters. The minimum Gasteiger partial charge on any atom is -0.462 e. The van der Waals surface area contributed by atoms with Crippen molar-refractivity contribution in [2.24, 2.45) is 0 Å². The summed E-state index contributed by atoms with van der Waals surface area (Å²) in [7, 11) is 0. The molecule has 3 fully saturated rings. The van der Waals surface area contributed by atoms with Gasteiger partial charge in [0.25, 0.3) is 0 Å². The van der Waals surface area contributed by atoms with Crippen LogP contribution < -0.4 is 5.32 Å². The van der Waals surface area contributed by atoms with Gasteiger partial charge in [0.2, 0.25) is 5.91 Å². The van der Waals surface area contributed by atoms with Crippen LogP contribution in [0.4, 0.5) is 5.00 Å². The van der Waals surface area contributed by atoms with Gasteiger partial charge in [-0.2, -0.15) is 0 Å². The predicted octanol–water partition coefficient (Wildman–Crippen LogP) is 2.97. The maximum atomic E-state index is 12.8. The lowest BCUT2D eigenvalue weighted by Crippen LogP contribution is -2.50. The molecule has 1 N–H and O–H groups in total. The first kappa shape index (κ1) is 19.8. The second-order valence-corrected chi connectivity index (χ2v) is 8.46. The molecule has 1 atom stereocenters. The third kappa shape index (κ3) is 4.40. The average Bonchev–Trinajstić information content (AvgIpc) is 3.22. The maximum absolute atomic E-state index is 12.8. The quantitative estimate of drug-likeness (QED) is 0.699. The predicted molar refractivity (Wildman–Crippen MR) is 106 cm³/mol. The van der Waals surface area contributed by atoms with Gasteiger partial charge < -0.3 is 19.5 Å². The van der Waals surface area contributed by atoms with Crippen molar-refractivity contribution in [1.82, 2.24) is 4.90 Å². The number of likely N-dealkylation sites (tertiary alicyclic amines) is 1. The van der Waals surface area contributed by atoms with Crippen molar-refractivity contribution in [1.29, 1.82) is 0 Å². The van der Waals surface area contributed by atoms with E-state index >= 15 is 0 Å². The number of nitrogens with zero attached hydrogens (tertiary/aromatic N) is 1. The fraction of sp³-hybridized carbons (Fsp3) is 0.700. The molecule has 1 aliphatic carbocycles. The van der Waals surface area contributed by atoms with Crippen molar-refractivity contribution in [3.8, 4) is 0 Å². The Morgan fingerprint density at radius 2 is 2.04 bits per heavy atom. The Morgan fingerprint density at radius 3 is 2.75 bits per heavy atom. The molecule has 2 aliphatic heterocycles. The lowest BCUT2D eigenvalue weighted by Gasteiger charge is -2.37. The SMILES string of the molecule is CCOC(=O)c1c(C2CC2)csc1NC(=O)CN1CCCCC1C1OCCO1. The summed E-state index contributed by atoms with van der Waals surface area (Å²) in [6.45, 7) is 4.47. The number of anilines is 1. The fourth-order valence-corrected chi connectivity index (χ4v) is 5.09. The normalized spacial score (nSPS) is 23.7. The Hall–Kier alpha value is -1.48. The summed E-state index contributed by atoms with van der Waals surface area (Å²) in [6, 6.07) is 0.108. The lowest BCUT2D eigenvalue weighted by molar-refractivity contribution is -0.127. The van der Waals surface area contributed by atoms with Crippen molar-refractivity contribution >= 4 is 28.2 Å². The van der Waals surface area contributed by atoms with Crippen molar-refractivity contribution in [3.05, 3.63) is 16.5 Å². The van der Waals surface area contributed by atoms with E-state index in [1.807, 2.05) is 5.38 Å². The first-order valence-electron chi connectivity index (χ1n) is 10.2. The van der Waals surface area contributed by atoms with Gasteiger partial charge in [0.15, 0.2) is 6.29 Å². The first-order valence-corrected chi connectivity index (χ1v) is 11.1. The van der Waals surface area contributed by atoms with Crippen LogP contribution in [0, 0.1) is 0 Å². The summed E-state index contributed by atoms with van der Waals surface area (Å²) in [4.78, 5) is 27.4. The lowest BCUT2D eigenvalue weighted by atomic mass is 10.0. The van der Waals surface area contributed by atoms with E-state index < -0.39 is 0 Å². The van der Waals surface area contributed by atoms with E-state index in [9.17, 15) is 9.59 Å². The molecule has 0 aromatic carbocycles. The largest absolute Gasteiger partial charge is 0.462 e. The van der Waals surface area contributed by atoms with Gasteiger partial charge in [-0.3, -0.25) is 9.69 Å². The molecule has 1 saturated carbocycles. The second kappa shape index (κ2) is 8.90. The Kier molecular flexibility index (Phi) is 6.30. The van der Waals surface area contributed by atoms with Gasteiger partial charge in [-0.1, -0.05) is 6.42 Å². The molecule has 1 amide bonds. The number of carbonyl (C=O) groups excluding carboxylic acids is 2. The van der Waals surface area contributed by atoms with Gasteiger partial charge in [0, 0.05) is 0 Å². The van der Waals surface area contributed by atoms with Crippen LogP contribution in [0.2, 0.25) is 0 Å². The number of thiophene rings is 1. The smallest absolute Gasteiger partial charge is 0.341 e. The van der Waals surface area contributed by atoms with Gasteiger partial charge in [-0.15, -0.1) is 11.3 Å². The van der Waals surface area contributed by atoms with Gasteiger partial charge in [0.05, 0.1) is 38.0 Å². The van der Waals surface area contributed by atoms with Crippen molar-refractivity contribution in [2.45, 2.75) is 57.3 Å². The molecule has 2 saturated heterocycles. The third-order valence-electron chi connectivity index (χ3n) is 5.54. The second-order valence-electron chi connectivity index (χ2n) is 7.58. The highest BCUT2D eigenvalue weighted by Crippen LogP contribution is 2.46. The Bertz CT molecular complexity index is 711. The third-order valence-corrected chi connectivity index (χ3v) is 6.46. The number of esters is 1. The Balaban J connectivity index is 1.43. The number of hydrogen-bond donors (Lipinski definition) is 1. The molecule has 1 aromatic rings. The number of carbonyl (C=O) groups is 2. The van der Waals surface area contributed by atoms with Crippen LogP contribution in [-0.2, 0) is 19.0 Å². The molecule has 8 heteroatoms. The van der Waals surface area contributed by atoms with Crippen LogP contribution in [0.25, 0.3) is 0 Å². The first-order chi connectivity index (χ1) is 13.7. The minimum atomic E-state index is -0.343. The summed E-state index contributed by atoms with van der Waals surface area (Å²) < 4.78 is 16.6. The summed E-state index contributed by atoms with van der Waals surface area (Å²) >= 11 is 1.41. The number of hydrogen-bond acceptors (Lipinski definition) is 7. The number of rotatable bonds is 7. The van der Waals surface area contributed by atoms with Crippen LogP contribution in [0.15, 0.2) is 5.38 Å². The molecule has 154 valence electrons. The molecule has 3 heterocycles. The van der Waals surface area contributed by atoms with E-state index in [1.165, 1.54) is 11.3 Å². The van der Waals surface area contributed by atoms with Crippen LogP contribution in [0.3, 0.4) is 0 Å². The van der Waals surface area contributed by atoms with Crippen LogP contribution >= 0.6 is 11.3 Å². The molecule has 1 aromatic heterocycles. The highest BCUT2D eigenvalue weighted by atomic mass is 32.1. The standard InChI is InChI=1S/C20H28N2O5S/c1-2-25-19(24)17-14(13-6-7-13)12-28-18(17)21-16(23)11-22-8-4-3-5-15(22)20-26-9-10-27-20/h12-13,15,20H,2-11H2,1H3,(H,21,23). The highest BCUT2D eigenvalue weighted by molar-refractivity contribution is 7.15. The summed E-state index contributed by atoms with van der Waals surface area (Å²) in [5.74, 6) is -0.0337. The zero-order chi connectivity index (χ0) is 19.5. The maximum Gasteiger partial charge on any atom is 0.341 e. The topological polar surface area (TPSA) is 77.1 Å². The molecule has 28 heavy (non-hydrogen) atoms. The van der Waals surface area contributed by atoms with Crippen molar-refractivity contribution in [3.63, 3.8) is 0 Å². The van der Waals surface area contributed by atoms with Crippen molar-refractivity contribution < 1.29 is 23.8 Å². The van der Waals surface area contributed by atoms with E-state index in [-0.39, 0.29) is 30.8 Å². The molecular weight excluding hydrogens is 380 g/mol. The van der Waals surface area contributed by atoms with E-state index in [1.54, 1.807) is 6.92 Å². The van der Waals surface area contributed by atoms with Gasteiger partial charge in [0.1, 0.15) is 5.00 Å². The molecule has 0 bridgehead atoms. The molecule has 0 radical (unpaired) electrons. The average molecular weight is 409 g/mol.